The van der Waals surface area contributed by atoms with E-state index in [4.69, 9.17) is 4.52 Å². The van der Waals surface area contributed by atoms with E-state index in [2.05, 4.69) is 71.8 Å². The molecule has 1 aromatic heterocycles. The lowest BCUT2D eigenvalue weighted by Crippen LogP contribution is -2.18. The van der Waals surface area contributed by atoms with Crippen molar-refractivity contribution in [1.82, 2.24) is 5.16 Å². The number of allylic oxidation sites excluding steroid dienone is 1. The summed E-state index contributed by atoms with van der Waals surface area (Å²) in [6.45, 7) is 16.3. The topological polar surface area (TPSA) is 26.0 Å². The first-order chi connectivity index (χ1) is 11.7. The second-order valence-electron chi connectivity index (χ2n) is 9.02. The van der Waals surface area contributed by atoms with Gasteiger partial charge in [-0.3, -0.25) is 0 Å². The van der Waals surface area contributed by atoms with E-state index in [1.54, 1.807) is 6.20 Å². The van der Waals surface area contributed by atoms with Crippen molar-refractivity contribution in [3.63, 3.8) is 0 Å². The molecule has 0 saturated heterocycles. The van der Waals surface area contributed by atoms with E-state index in [0.29, 0.717) is 5.92 Å². The van der Waals surface area contributed by atoms with Crippen molar-refractivity contribution in [3.05, 3.63) is 52.4 Å². The molecular formula is C23H31NO. The quantitative estimate of drug-likeness (QED) is 0.646. The third-order valence-electron chi connectivity index (χ3n) is 5.65. The van der Waals surface area contributed by atoms with Gasteiger partial charge in [0.25, 0.3) is 0 Å². The summed E-state index contributed by atoms with van der Waals surface area (Å²) >= 11 is 0. The molecule has 2 heteroatoms. The average molecular weight is 338 g/mol. The number of rotatable bonds is 4. The second kappa shape index (κ2) is 6.16. The Morgan fingerprint density at radius 3 is 2.32 bits per heavy atom. The minimum Gasteiger partial charge on any atom is -0.357 e. The van der Waals surface area contributed by atoms with E-state index in [9.17, 15) is 0 Å². The predicted octanol–water partition coefficient (Wildman–Crippen LogP) is 6.39. The van der Waals surface area contributed by atoms with Crippen LogP contribution in [0, 0.1) is 5.92 Å². The third kappa shape index (κ3) is 3.19. The Morgan fingerprint density at radius 2 is 1.80 bits per heavy atom. The lowest BCUT2D eigenvalue weighted by atomic mass is 9.81. The van der Waals surface area contributed by atoms with Crippen molar-refractivity contribution in [3.8, 4) is 0 Å². The lowest BCUT2D eigenvalue weighted by molar-refractivity contribution is 0.403. The van der Waals surface area contributed by atoms with Crippen molar-refractivity contribution in [1.29, 1.82) is 0 Å². The fourth-order valence-electron chi connectivity index (χ4n) is 4.63. The van der Waals surface area contributed by atoms with Gasteiger partial charge in [0.05, 0.1) is 6.20 Å². The summed E-state index contributed by atoms with van der Waals surface area (Å²) in [5, 5.41) is 3.85. The summed E-state index contributed by atoms with van der Waals surface area (Å²) in [5.41, 5.74) is 7.64. The van der Waals surface area contributed by atoms with Crippen LogP contribution in [0.1, 0.15) is 82.9 Å². The van der Waals surface area contributed by atoms with Crippen molar-refractivity contribution in [2.45, 2.75) is 72.1 Å². The molecule has 2 aromatic rings. The van der Waals surface area contributed by atoms with Crippen LogP contribution in [0.4, 0.5) is 0 Å². The average Bonchev–Trinajstić information content (AvgIpc) is 3.08. The Morgan fingerprint density at radius 1 is 1.16 bits per heavy atom. The third-order valence-corrected chi connectivity index (χ3v) is 5.65. The molecule has 25 heavy (non-hydrogen) atoms. The van der Waals surface area contributed by atoms with Gasteiger partial charge < -0.3 is 4.52 Å². The van der Waals surface area contributed by atoms with Crippen molar-refractivity contribution in [2.75, 3.05) is 0 Å². The molecule has 3 rings (SSSR count). The maximum absolute atomic E-state index is 5.35. The molecular weight excluding hydrogens is 306 g/mol. The van der Waals surface area contributed by atoms with Crippen molar-refractivity contribution >= 4 is 11.6 Å². The Labute approximate surface area is 152 Å². The summed E-state index contributed by atoms with van der Waals surface area (Å²) < 4.78 is 5.35. The highest BCUT2D eigenvalue weighted by molar-refractivity contribution is 5.83. The predicted molar refractivity (Wildman–Crippen MR) is 106 cm³/mol. The van der Waals surface area contributed by atoms with Crippen LogP contribution in [0.2, 0.25) is 0 Å². The largest absolute Gasteiger partial charge is 0.357 e. The molecule has 0 bridgehead atoms. The van der Waals surface area contributed by atoms with Gasteiger partial charge in [0.2, 0.25) is 0 Å². The molecule has 134 valence electrons. The number of aromatic nitrogens is 1. The first kappa shape index (κ1) is 18.0. The molecule has 0 fully saturated rings. The fourth-order valence-corrected chi connectivity index (χ4v) is 4.63. The Hall–Kier alpha value is -1.83. The number of hydrogen-bond acceptors (Lipinski definition) is 2. The van der Waals surface area contributed by atoms with Crippen LogP contribution in [0.25, 0.3) is 11.6 Å². The molecule has 0 amide bonds. The monoisotopic (exact) mass is 337 g/mol. The molecule has 1 aliphatic carbocycles. The molecule has 0 unspecified atom stereocenters. The zero-order valence-corrected chi connectivity index (χ0v) is 16.7. The van der Waals surface area contributed by atoms with Crippen LogP contribution in [-0.4, -0.2) is 5.16 Å². The summed E-state index contributed by atoms with van der Waals surface area (Å²) in [6, 6.07) is 6.86. The van der Waals surface area contributed by atoms with Crippen molar-refractivity contribution < 1.29 is 4.52 Å². The summed E-state index contributed by atoms with van der Waals surface area (Å²) in [7, 11) is 0. The molecule has 2 nitrogen and oxygen atoms in total. The highest BCUT2D eigenvalue weighted by Gasteiger charge is 2.42. The van der Waals surface area contributed by atoms with Gasteiger partial charge in [-0.05, 0) is 63.5 Å². The van der Waals surface area contributed by atoms with Gasteiger partial charge in [0.15, 0.2) is 5.76 Å². The molecule has 0 radical (unpaired) electrons. The van der Waals surface area contributed by atoms with E-state index in [1.165, 1.54) is 34.2 Å². The van der Waals surface area contributed by atoms with Gasteiger partial charge in [0, 0.05) is 6.07 Å². The van der Waals surface area contributed by atoms with Gasteiger partial charge in [-0.2, -0.15) is 0 Å². The number of aryl methyl sites for hydroxylation is 1. The SMILES string of the molecule is CCc1cc2c(cc1C(=Cc1ccno1)C(C)C)C(C)(C)CC2(C)C. The van der Waals surface area contributed by atoms with E-state index >= 15 is 0 Å². The van der Waals surface area contributed by atoms with Crippen LogP contribution >= 0.6 is 0 Å². The summed E-state index contributed by atoms with van der Waals surface area (Å²) in [6.07, 6.45) is 6.11. The molecule has 1 aromatic carbocycles. The van der Waals surface area contributed by atoms with Crippen molar-refractivity contribution in [2.24, 2.45) is 5.92 Å². The van der Waals surface area contributed by atoms with E-state index in [-0.39, 0.29) is 10.8 Å². The summed E-state index contributed by atoms with van der Waals surface area (Å²) in [5.74, 6) is 1.25. The van der Waals surface area contributed by atoms with E-state index in [1.807, 2.05) is 6.07 Å². The van der Waals surface area contributed by atoms with Gasteiger partial charge in [-0.25, -0.2) is 0 Å². The lowest BCUT2D eigenvalue weighted by Gasteiger charge is -2.23. The minimum absolute atomic E-state index is 0.216. The molecule has 1 aliphatic rings. The highest BCUT2D eigenvalue weighted by Crippen LogP contribution is 2.50. The normalized spacial score (nSPS) is 18.6. The van der Waals surface area contributed by atoms with E-state index < -0.39 is 0 Å². The zero-order chi connectivity index (χ0) is 18.4. The van der Waals surface area contributed by atoms with E-state index in [0.717, 1.165) is 12.2 Å². The van der Waals surface area contributed by atoms with Gasteiger partial charge >= 0.3 is 0 Å². The minimum atomic E-state index is 0.216. The number of nitrogens with zero attached hydrogens (tertiary/aromatic N) is 1. The zero-order valence-electron chi connectivity index (χ0n) is 16.7. The van der Waals surface area contributed by atoms with Gasteiger partial charge in [0.1, 0.15) is 0 Å². The van der Waals surface area contributed by atoms with Crippen LogP contribution in [0.5, 0.6) is 0 Å². The fraction of sp³-hybridized carbons (Fsp3) is 0.522. The van der Waals surface area contributed by atoms with Crippen LogP contribution < -0.4 is 0 Å². The Kier molecular flexibility index (Phi) is 4.43. The Bertz CT molecular complexity index is 792. The molecule has 1 heterocycles. The first-order valence-electron chi connectivity index (χ1n) is 9.46. The number of hydrogen-bond donors (Lipinski definition) is 0. The van der Waals surface area contributed by atoms with Crippen LogP contribution in [-0.2, 0) is 17.3 Å². The molecule has 0 N–H and O–H groups in total. The molecule has 0 aliphatic heterocycles. The summed E-state index contributed by atoms with van der Waals surface area (Å²) in [4.78, 5) is 0. The van der Waals surface area contributed by atoms with Crippen LogP contribution in [0.15, 0.2) is 28.9 Å². The highest BCUT2D eigenvalue weighted by atomic mass is 16.5. The Balaban J connectivity index is 2.23. The number of fused-ring (bicyclic) bond motifs is 1. The first-order valence-corrected chi connectivity index (χ1v) is 9.46. The maximum Gasteiger partial charge on any atom is 0.159 e. The molecule has 0 saturated carbocycles. The second-order valence-corrected chi connectivity index (χ2v) is 9.02. The van der Waals surface area contributed by atoms with Gasteiger partial charge in [-0.15, -0.1) is 0 Å². The smallest absolute Gasteiger partial charge is 0.159 e. The van der Waals surface area contributed by atoms with Crippen LogP contribution in [0.3, 0.4) is 0 Å². The standard InChI is InChI=1S/C23H31NO/c1-8-16-11-20-21(23(6,7)14-22(20,4)5)13-19(16)18(15(2)3)12-17-9-10-24-25-17/h9-13,15H,8,14H2,1-7H3. The maximum atomic E-state index is 5.35. The van der Waals surface area contributed by atoms with Gasteiger partial charge in [-0.1, -0.05) is 65.8 Å². The molecule has 0 spiro atoms. The molecule has 0 atom stereocenters. The number of benzene rings is 1.